The molecule has 29 heavy (non-hydrogen) atoms. The number of nitrogens with zero attached hydrogens (tertiary/aromatic N) is 1. The summed E-state index contributed by atoms with van der Waals surface area (Å²) in [6.07, 6.45) is 3.48. The van der Waals surface area contributed by atoms with Crippen LogP contribution in [0.15, 0.2) is 29.2 Å². The maximum atomic E-state index is 12.9. The third kappa shape index (κ3) is 3.93. The predicted molar refractivity (Wildman–Crippen MR) is 101 cm³/mol. The van der Waals surface area contributed by atoms with Crippen molar-refractivity contribution in [3.05, 3.63) is 29.8 Å². The Morgan fingerprint density at radius 1 is 1.10 bits per heavy atom. The average Bonchev–Trinajstić information content (AvgIpc) is 2.96. The first-order chi connectivity index (χ1) is 13.6. The van der Waals surface area contributed by atoms with Crippen LogP contribution in [0.25, 0.3) is 5.69 Å². The van der Waals surface area contributed by atoms with Gasteiger partial charge in [-0.15, -0.1) is 0 Å². The molecular formula is C19H21NO8S. The summed E-state index contributed by atoms with van der Waals surface area (Å²) in [4.78, 5) is 22.2. The van der Waals surface area contributed by atoms with Gasteiger partial charge in [-0.05, 0) is 25.0 Å². The highest BCUT2D eigenvalue weighted by molar-refractivity contribution is 7.92. The van der Waals surface area contributed by atoms with Gasteiger partial charge in [0.05, 0.1) is 10.9 Å². The monoisotopic (exact) mass is 423 g/mol. The van der Waals surface area contributed by atoms with E-state index in [1.54, 1.807) is 0 Å². The van der Waals surface area contributed by atoms with E-state index in [2.05, 4.69) is 0 Å². The molecule has 9 nitrogen and oxygen atoms in total. The van der Waals surface area contributed by atoms with Gasteiger partial charge in [-0.25, -0.2) is 13.2 Å². The van der Waals surface area contributed by atoms with Crippen molar-refractivity contribution in [2.45, 2.75) is 49.2 Å². The summed E-state index contributed by atoms with van der Waals surface area (Å²) in [6, 6.07) is 4.48. The van der Waals surface area contributed by atoms with Gasteiger partial charge in [0.2, 0.25) is 5.88 Å². The fourth-order valence-corrected chi connectivity index (χ4v) is 5.48. The molecule has 0 radical (unpaired) electrons. The summed E-state index contributed by atoms with van der Waals surface area (Å²) < 4.78 is 31.6. The molecule has 1 heterocycles. The number of ether oxygens (including phenoxy) is 1. The summed E-state index contributed by atoms with van der Waals surface area (Å²) >= 11 is 0. The highest BCUT2D eigenvalue weighted by Crippen LogP contribution is 2.39. The van der Waals surface area contributed by atoms with Crippen molar-refractivity contribution in [1.82, 2.24) is 4.57 Å². The van der Waals surface area contributed by atoms with Gasteiger partial charge in [0.25, 0.3) is 0 Å². The number of hydrogen-bond donors (Lipinski definition) is 3. The molecule has 1 aromatic heterocycles. The minimum absolute atomic E-state index is 0.0337. The van der Waals surface area contributed by atoms with Crippen LogP contribution in [0.3, 0.4) is 0 Å². The first-order valence-corrected chi connectivity index (χ1v) is 10.6. The van der Waals surface area contributed by atoms with Gasteiger partial charge < -0.3 is 20.1 Å². The molecule has 3 N–H and O–H groups in total. The molecule has 0 bridgehead atoms. The summed E-state index contributed by atoms with van der Waals surface area (Å²) in [6.45, 7) is 1.10. The van der Waals surface area contributed by atoms with Gasteiger partial charge in [0.15, 0.2) is 15.7 Å². The second-order valence-corrected chi connectivity index (χ2v) is 9.11. The zero-order valence-corrected chi connectivity index (χ0v) is 16.5. The molecule has 0 aliphatic heterocycles. The Morgan fingerprint density at radius 3 is 2.34 bits per heavy atom. The Labute approximate surface area is 167 Å². The molecule has 1 aliphatic rings. The van der Waals surface area contributed by atoms with Crippen molar-refractivity contribution in [1.29, 1.82) is 0 Å². The molecular weight excluding hydrogens is 402 g/mol. The molecule has 0 amide bonds. The van der Waals surface area contributed by atoms with Gasteiger partial charge in [-0.1, -0.05) is 19.3 Å². The van der Waals surface area contributed by atoms with E-state index in [4.69, 9.17) is 4.74 Å². The van der Waals surface area contributed by atoms with Crippen molar-refractivity contribution >= 4 is 21.8 Å². The van der Waals surface area contributed by atoms with Crippen LogP contribution in [0.5, 0.6) is 17.5 Å². The van der Waals surface area contributed by atoms with Crippen LogP contribution in [0.4, 0.5) is 0 Å². The Kier molecular flexibility index (Phi) is 5.56. The Bertz CT molecular complexity index is 1060. The molecule has 0 atom stereocenters. The van der Waals surface area contributed by atoms with Gasteiger partial charge >= 0.3 is 11.9 Å². The Morgan fingerprint density at radius 2 is 1.76 bits per heavy atom. The molecule has 3 rings (SSSR count). The number of esters is 1. The van der Waals surface area contributed by atoms with Gasteiger partial charge in [0.1, 0.15) is 16.2 Å². The topological polar surface area (TPSA) is 143 Å². The number of aromatic hydroxyl groups is 2. The van der Waals surface area contributed by atoms with E-state index < -0.39 is 43.7 Å². The van der Waals surface area contributed by atoms with E-state index >= 15 is 0 Å². The van der Waals surface area contributed by atoms with Gasteiger partial charge in [-0.3, -0.25) is 9.36 Å². The SMILES string of the molecule is CC(=O)Oc1cc(-n2c(O)cc(S(=O)(=O)C3CCCCC3)c2O)ccc1C(=O)O. The molecule has 1 fully saturated rings. The van der Waals surface area contributed by atoms with Crippen LogP contribution in [-0.2, 0) is 14.6 Å². The van der Waals surface area contributed by atoms with E-state index in [9.17, 15) is 33.3 Å². The van der Waals surface area contributed by atoms with Crippen molar-refractivity contribution in [2.24, 2.45) is 0 Å². The lowest BCUT2D eigenvalue weighted by atomic mass is 10.0. The third-order valence-electron chi connectivity index (χ3n) is 4.93. The zero-order valence-electron chi connectivity index (χ0n) is 15.7. The summed E-state index contributed by atoms with van der Waals surface area (Å²) in [5.74, 6) is -3.63. The number of hydrogen-bond acceptors (Lipinski definition) is 7. The maximum absolute atomic E-state index is 12.9. The number of carboxylic acid groups (broad SMARTS) is 1. The fraction of sp³-hybridized carbons (Fsp3) is 0.368. The van der Waals surface area contributed by atoms with E-state index in [0.717, 1.165) is 49.0 Å². The molecule has 0 spiro atoms. The number of rotatable bonds is 5. The summed E-state index contributed by atoms with van der Waals surface area (Å²) in [5.41, 5.74) is -0.267. The summed E-state index contributed by atoms with van der Waals surface area (Å²) in [7, 11) is -3.86. The fourth-order valence-electron chi connectivity index (χ4n) is 3.55. The van der Waals surface area contributed by atoms with E-state index in [-0.39, 0.29) is 17.0 Å². The van der Waals surface area contributed by atoms with Crippen LogP contribution in [0, 0.1) is 0 Å². The molecule has 1 saturated carbocycles. The smallest absolute Gasteiger partial charge is 0.339 e. The lowest BCUT2D eigenvalue weighted by Crippen LogP contribution is -2.23. The van der Waals surface area contributed by atoms with Gasteiger partial charge in [-0.2, -0.15) is 0 Å². The zero-order chi connectivity index (χ0) is 21.3. The standard InChI is InChI=1S/C19H21NO8S/c1-11(21)28-15-9-12(7-8-14(15)19(24)25)20-17(22)10-16(18(20)23)29(26,27)13-5-3-2-4-6-13/h7-10,13,22-23H,2-6H2,1H3,(H,24,25). The first kappa shape index (κ1) is 20.7. The molecule has 1 aliphatic carbocycles. The number of aromatic nitrogens is 1. The van der Waals surface area contributed by atoms with Crippen molar-refractivity contribution < 1.29 is 38.1 Å². The maximum Gasteiger partial charge on any atom is 0.339 e. The average molecular weight is 423 g/mol. The van der Waals surface area contributed by atoms with Crippen LogP contribution in [0.1, 0.15) is 49.4 Å². The van der Waals surface area contributed by atoms with E-state index in [1.807, 2.05) is 0 Å². The molecule has 10 heteroatoms. The largest absolute Gasteiger partial charge is 0.494 e. The number of carbonyl (C=O) groups is 2. The van der Waals surface area contributed by atoms with Crippen LogP contribution < -0.4 is 4.74 Å². The third-order valence-corrected chi connectivity index (χ3v) is 7.19. The van der Waals surface area contributed by atoms with Crippen LogP contribution in [0.2, 0.25) is 0 Å². The van der Waals surface area contributed by atoms with Crippen molar-refractivity contribution in [3.8, 4) is 23.2 Å². The Balaban J connectivity index is 2.09. The normalized spacial score (nSPS) is 15.2. The van der Waals surface area contributed by atoms with E-state index in [0.29, 0.717) is 12.8 Å². The highest BCUT2D eigenvalue weighted by atomic mass is 32.2. The number of sulfone groups is 1. The molecule has 1 aromatic carbocycles. The molecule has 0 saturated heterocycles. The van der Waals surface area contributed by atoms with Gasteiger partial charge in [0, 0.05) is 19.1 Å². The quantitative estimate of drug-likeness (QED) is 0.492. The van der Waals surface area contributed by atoms with Crippen molar-refractivity contribution in [2.75, 3.05) is 0 Å². The number of carbonyl (C=O) groups excluding carboxylic acids is 1. The lowest BCUT2D eigenvalue weighted by molar-refractivity contribution is -0.131. The predicted octanol–water partition coefficient (Wildman–Crippen LogP) is 2.62. The molecule has 2 aromatic rings. The second kappa shape index (κ2) is 7.78. The minimum atomic E-state index is -3.86. The van der Waals surface area contributed by atoms with Crippen molar-refractivity contribution in [3.63, 3.8) is 0 Å². The Hall–Kier alpha value is -3.01. The number of benzene rings is 1. The number of aromatic carboxylic acids is 1. The number of carboxylic acids is 1. The first-order valence-electron chi connectivity index (χ1n) is 9.06. The van der Waals surface area contributed by atoms with Crippen LogP contribution in [-0.4, -0.2) is 45.5 Å². The second-order valence-electron chi connectivity index (χ2n) is 6.91. The molecule has 0 unspecified atom stereocenters. The minimum Gasteiger partial charge on any atom is -0.494 e. The molecule has 156 valence electrons. The van der Waals surface area contributed by atoms with E-state index in [1.165, 1.54) is 6.07 Å². The van der Waals surface area contributed by atoms with Crippen LogP contribution >= 0.6 is 0 Å². The summed E-state index contributed by atoms with van der Waals surface area (Å²) in [5, 5.41) is 29.5. The highest BCUT2D eigenvalue weighted by Gasteiger charge is 2.34. The lowest BCUT2D eigenvalue weighted by Gasteiger charge is -2.21.